The molecule has 1 heterocycles. The van der Waals surface area contributed by atoms with E-state index in [1.54, 1.807) is 0 Å². The van der Waals surface area contributed by atoms with Crippen LogP contribution < -0.4 is 11.4 Å². The zero-order chi connectivity index (χ0) is 15.3. The van der Waals surface area contributed by atoms with Crippen molar-refractivity contribution in [2.75, 3.05) is 0 Å². The number of amides is 1. The Bertz CT molecular complexity index is 578. The van der Waals surface area contributed by atoms with Crippen molar-refractivity contribution in [1.82, 2.24) is 9.55 Å². The number of hydrogen-bond acceptors (Lipinski definition) is 4. The van der Waals surface area contributed by atoms with Crippen LogP contribution in [0.3, 0.4) is 0 Å². The molecule has 7 nitrogen and oxygen atoms in total. The third-order valence-electron chi connectivity index (χ3n) is 3.06. The lowest BCUT2D eigenvalue weighted by molar-refractivity contribution is -0.136. The van der Waals surface area contributed by atoms with E-state index in [2.05, 4.69) is 4.98 Å². The summed E-state index contributed by atoms with van der Waals surface area (Å²) in [5, 5.41) is 9.00. The predicted octanol–water partition coefficient (Wildman–Crippen LogP) is -0.129. The maximum Gasteiger partial charge on any atom is 0.348 e. The SMILES string of the molecule is CCc1nc(=O)n(CCC(N)=O)c(CC)c1CC(=O)O. The Hall–Kier alpha value is -2.18. The number of nitrogens with two attached hydrogens (primary N) is 1. The standard InChI is InChI=1S/C13H19N3O4/c1-3-9-8(7-12(18)19)10(4-2)16(13(20)15-9)6-5-11(14)17/h3-7H2,1-2H3,(H2,14,17)(H,18,19). The Morgan fingerprint density at radius 1 is 1.30 bits per heavy atom. The van der Waals surface area contributed by atoms with Gasteiger partial charge in [0.1, 0.15) is 0 Å². The van der Waals surface area contributed by atoms with Gasteiger partial charge in [-0.3, -0.25) is 14.2 Å². The molecule has 1 aromatic rings. The monoisotopic (exact) mass is 281 g/mol. The summed E-state index contributed by atoms with van der Waals surface area (Å²) >= 11 is 0. The quantitative estimate of drug-likeness (QED) is 0.722. The van der Waals surface area contributed by atoms with Gasteiger partial charge in [-0.25, -0.2) is 4.79 Å². The molecule has 0 saturated heterocycles. The number of aliphatic carboxylic acids is 1. The molecule has 20 heavy (non-hydrogen) atoms. The molecule has 1 rings (SSSR count). The van der Waals surface area contributed by atoms with Crippen LogP contribution in [-0.4, -0.2) is 26.5 Å². The molecular formula is C13H19N3O4. The van der Waals surface area contributed by atoms with Gasteiger partial charge in [-0.05, 0) is 12.8 Å². The highest BCUT2D eigenvalue weighted by Crippen LogP contribution is 2.14. The van der Waals surface area contributed by atoms with Crippen LogP contribution in [0.2, 0.25) is 0 Å². The van der Waals surface area contributed by atoms with Gasteiger partial charge in [-0.15, -0.1) is 0 Å². The topological polar surface area (TPSA) is 115 Å². The van der Waals surface area contributed by atoms with Crippen LogP contribution in [0.25, 0.3) is 0 Å². The van der Waals surface area contributed by atoms with E-state index in [0.29, 0.717) is 29.8 Å². The summed E-state index contributed by atoms with van der Waals surface area (Å²) in [6.07, 6.45) is 0.816. The smallest absolute Gasteiger partial charge is 0.348 e. The fourth-order valence-corrected chi connectivity index (χ4v) is 2.19. The molecule has 0 radical (unpaired) electrons. The second-order valence-electron chi connectivity index (χ2n) is 4.41. The van der Waals surface area contributed by atoms with Crippen molar-refractivity contribution in [3.05, 3.63) is 27.4 Å². The third-order valence-corrected chi connectivity index (χ3v) is 3.06. The maximum absolute atomic E-state index is 12.0. The number of carbonyl (C=O) groups excluding carboxylic acids is 1. The van der Waals surface area contributed by atoms with Crippen LogP contribution >= 0.6 is 0 Å². The fraction of sp³-hybridized carbons (Fsp3) is 0.538. The van der Waals surface area contributed by atoms with Gasteiger partial charge >= 0.3 is 11.7 Å². The lowest BCUT2D eigenvalue weighted by atomic mass is 10.0. The van der Waals surface area contributed by atoms with E-state index in [9.17, 15) is 14.4 Å². The Kier molecular flexibility index (Phi) is 5.42. The van der Waals surface area contributed by atoms with Crippen molar-refractivity contribution in [2.45, 2.75) is 46.1 Å². The van der Waals surface area contributed by atoms with Gasteiger partial charge in [0, 0.05) is 24.2 Å². The molecular weight excluding hydrogens is 262 g/mol. The Morgan fingerprint density at radius 2 is 1.95 bits per heavy atom. The van der Waals surface area contributed by atoms with Gasteiger partial charge in [0.05, 0.1) is 12.1 Å². The van der Waals surface area contributed by atoms with Crippen LogP contribution in [0.4, 0.5) is 0 Å². The van der Waals surface area contributed by atoms with E-state index < -0.39 is 17.6 Å². The molecule has 3 N–H and O–H groups in total. The van der Waals surface area contributed by atoms with E-state index in [-0.39, 0.29) is 19.4 Å². The zero-order valence-corrected chi connectivity index (χ0v) is 11.7. The maximum atomic E-state index is 12.0. The van der Waals surface area contributed by atoms with E-state index in [1.165, 1.54) is 4.57 Å². The summed E-state index contributed by atoms with van der Waals surface area (Å²) in [7, 11) is 0. The van der Waals surface area contributed by atoms with Gasteiger partial charge in [-0.2, -0.15) is 4.98 Å². The van der Waals surface area contributed by atoms with E-state index in [4.69, 9.17) is 10.8 Å². The summed E-state index contributed by atoms with van der Waals surface area (Å²) in [5.74, 6) is -1.49. The van der Waals surface area contributed by atoms with Crippen molar-refractivity contribution in [3.8, 4) is 0 Å². The highest BCUT2D eigenvalue weighted by atomic mass is 16.4. The summed E-state index contributed by atoms with van der Waals surface area (Å²) in [5.41, 5.74) is 6.31. The second kappa shape index (κ2) is 6.83. The fourth-order valence-electron chi connectivity index (χ4n) is 2.19. The molecule has 0 aliphatic carbocycles. The number of carboxylic acid groups (broad SMARTS) is 1. The highest BCUT2D eigenvalue weighted by molar-refractivity contribution is 5.73. The largest absolute Gasteiger partial charge is 0.481 e. The number of aromatic nitrogens is 2. The average molecular weight is 281 g/mol. The molecule has 0 unspecified atom stereocenters. The zero-order valence-electron chi connectivity index (χ0n) is 11.7. The molecule has 0 atom stereocenters. The van der Waals surface area contributed by atoms with Gasteiger partial charge in [0.25, 0.3) is 0 Å². The predicted molar refractivity (Wildman–Crippen MR) is 72.4 cm³/mol. The molecule has 7 heteroatoms. The molecule has 110 valence electrons. The molecule has 1 amide bonds. The van der Waals surface area contributed by atoms with Crippen LogP contribution in [0.15, 0.2) is 4.79 Å². The Labute approximate surface area is 116 Å². The minimum atomic E-state index is -0.976. The number of carbonyl (C=O) groups is 2. The first-order valence-corrected chi connectivity index (χ1v) is 6.52. The molecule has 1 aromatic heterocycles. The lowest BCUT2D eigenvalue weighted by Crippen LogP contribution is -2.31. The summed E-state index contributed by atoms with van der Waals surface area (Å²) < 4.78 is 1.35. The third kappa shape index (κ3) is 3.66. The first-order chi connectivity index (χ1) is 9.40. The summed E-state index contributed by atoms with van der Waals surface area (Å²) in [4.78, 5) is 37.7. The highest BCUT2D eigenvalue weighted by Gasteiger charge is 2.17. The molecule has 0 bridgehead atoms. The number of primary amides is 1. The number of rotatable bonds is 7. The van der Waals surface area contributed by atoms with Crippen LogP contribution in [0, 0.1) is 0 Å². The molecule has 0 aliphatic rings. The van der Waals surface area contributed by atoms with Crippen molar-refractivity contribution < 1.29 is 14.7 Å². The van der Waals surface area contributed by atoms with Gasteiger partial charge in [0.15, 0.2) is 0 Å². The van der Waals surface area contributed by atoms with Crippen molar-refractivity contribution in [3.63, 3.8) is 0 Å². The number of nitrogens with zero attached hydrogens (tertiary/aromatic N) is 2. The molecule has 0 fully saturated rings. The summed E-state index contributed by atoms with van der Waals surface area (Å²) in [6, 6.07) is 0. The average Bonchev–Trinajstić information content (AvgIpc) is 2.37. The van der Waals surface area contributed by atoms with E-state index in [0.717, 1.165) is 0 Å². The van der Waals surface area contributed by atoms with Crippen molar-refractivity contribution >= 4 is 11.9 Å². The van der Waals surface area contributed by atoms with Crippen LogP contribution in [-0.2, 0) is 35.4 Å². The number of carboxylic acids is 1. The minimum Gasteiger partial charge on any atom is -0.481 e. The summed E-state index contributed by atoms with van der Waals surface area (Å²) in [6.45, 7) is 3.78. The van der Waals surface area contributed by atoms with Crippen molar-refractivity contribution in [2.24, 2.45) is 5.73 Å². The molecule has 0 aliphatic heterocycles. The van der Waals surface area contributed by atoms with Crippen molar-refractivity contribution in [1.29, 1.82) is 0 Å². The first kappa shape index (κ1) is 15.9. The molecule has 0 spiro atoms. The van der Waals surface area contributed by atoms with Crippen LogP contribution in [0.5, 0.6) is 0 Å². The van der Waals surface area contributed by atoms with Crippen LogP contribution in [0.1, 0.15) is 37.2 Å². The van der Waals surface area contributed by atoms with E-state index >= 15 is 0 Å². The Morgan fingerprint density at radius 3 is 2.40 bits per heavy atom. The normalized spacial score (nSPS) is 10.5. The van der Waals surface area contributed by atoms with Gasteiger partial charge in [0.2, 0.25) is 5.91 Å². The molecule has 0 saturated carbocycles. The van der Waals surface area contributed by atoms with E-state index in [1.807, 2.05) is 13.8 Å². The van der Waals surface area contributed by atoms with Gasteiger partial charge < -0.3 is 10.8 Å². The second-order valence-corrected chi connectivity index (χ2v) is 4.41. The van der Waals surface area contributed by atoms with Gasteiger partial charge in [-0.1, -0.05) is 13.8 Å². The molecule has 0 aromatic carbocycles. The first-order valence-electron chi connectivity index (χ1n) is 6.52. The number of hydrogen-bond donors (Lipinski definition) is 2. The Balaban J connectivity index is 3.39. The lowest BCUT2D eigenvalue weighted by Gasteiger charge is -2.16. The minimum absolute atomic E-state index is 0.0204. The number of aryl methyl sites for hydroxylation is 1.